The second kappa shape index (κ2) is 7.85. The minimum atomic E-state index is 0.205. The first-order chi connectivity index (χ1) is 9.27. The summed E-state index contributed by atoms with van der Waals surface area (Å²) in [5, 5.41) is 6.31. The zero-order valence-electron chi connectivity index (χ0n) is 12.3. The molecule has 0 bridgehead atoms. The van der Waals surface area contributed by atoms with Gasteiger partial charge in [-0.05, 0) is 45.8 Å². The molecule has 2 fully saturated rings. The van der Waals surface area contributed by atoms with E-state index >= 15 is 0 Å². The van der Waals surface area contributed by atoms with Gasteiger partial charge in [0, 0.05) is 19.1 Å². The van der Waals surface area contributed by atoms with E-state index in [2.05, 4.69) is 22.6 Å². The molecule has 0 aromatic heterocycles. The van der Waals surface area contributed by atoms with Crippen molar-refractivity contribution in [2.24, 2.45) is 5.92 Å². The second-order valence-corrected chi connectivity index (χ2v) is 6.11. The first kappa shape index (κ1) is 14.8. The summed E-state index contributed by atoms with van der Waals surface area (Å²) in [6.07, 6.45) is 8.97. The Hall–Kier alpha value is -0.610. The average molecular weight is 267 g/mol. The van der Waals surface area contributed by atoms with E-state index in [0.717, 1.165) is 45.1 Å². The predicted octanol–water partition coefficient (Wildman–Crippen LogP) is 1.37. The van der Waals surface area contributed by atoms with Crippen LogP contribution in [0.4, 0.5) is 0 Å². The van der Waals surface area contributed by atoms with Crippen LogP contribution in [0, 0.1) is 5.92 Å². The zero-order valence-corrected chi connectivity index (χ0v) is 12.3. The van der Waals surface area contributed by atoms with Crippen LogP contribution in [0.15, 0.2) is 0 Å². The molecule has 19 heavy (non-hydrogen) atoms. The summed E-state index contributed by atoms with van der Waals surface area (Å²) in [5.41, 5.74) is 0. The van der Waals surface area contributed by atoms with Gasteiger partial charge in [-0.3, -0.25) is 4.79 Å². The van der Waals surface area contributed by atoms with E-state index in [4.69, 9.17) is 0 Å². The van der Waals surface area contributed by atoms with E-state index in [1.165, 1.54) is 32.1 Å². The molecule has 0 radical (unpaired) electrons. The molecule has 4 nitrogen and oxygen atoms in total. The summed E-state index contributed by atoms with van der Waals surface area (Å²) in [6, 6.07) is 0.781. The Morgan fingerprint density at radius 2 is 2.05 bits per heavy atom. The molecule has 1 saturated heterocycles. The van der Waals surface area contributed by atoms with Crippen molar-refractivity contribution in [1.82, 2.24) is 15.5 Å². The highest BCUT2D eigenvalue weighted by atomic mass is 16.1. The Balaban J connectivity index is 1.54. The maximum Gasteiger partial charge on any atom is 0.224 e. The number of hydrogen-bond acceptors (Lipinski definition) is 3. The molecule has 2 aliphatic rings. The highest BCUT2D eigenvalue weighted by Gasteiger charge is 2.22. The summed E-state index contributed by atoms with van der Waals surface area (Å²) in [7, 11) is 2.23. The van der Waals surface area contributed by atoms with Crippen molar-refractivity contribution in [2.75, 3.05) is 33.2 Å². The van der Waals surface area contributed by atoms with Gasteiger partial charge < -0.3 is 15.5 Å². The highest BCUT2D eigenvalue weighted by molar-refractivity contribution is 5.79. The number of amides is 1. The van der Waals surface area contributed by atoms with Crippen LogP contribution in [0.1, 0.15) is 44.9 Å². The van der Waals surface area contributed by atoms with Gasteiger partial charge in [-0.15, -0.1) is 0 Å². The van der Waals surface area contributed by atoms with E-state index < -0.39 is 0 Å². The van der Waals surface area contributed by atoms with Gasteiger partial charge in [0.15, 0.2) is 0 Å². The zero-order chi connectivity index (χ0) is 13.5. The molecular weight excluding hydrogens is 238 g/mol. The SMILES string of the molecule is CN(CCCNC(=O)C1CCNC1)C1CCCCC1. The molecule has 1 heterocycles. The maximum atomic E-state index is 11.8. The molecular formula is C15H29N3O. The molecule has 110 valence electrons. The fraction of sp³-hybridized carbons (Fsp3) is 0.933. The number of nitrogens with zero attached hydrogens (tertiary/aromatic N) is 1. The third kappa shape index (κ3) is 4.77. The standard InChI is InChI=1S/C15H29N3O/c1-18(14-6-3-2-4-7-14)11-5-9-17-15(19)13-8-10-16-12-13/h13-14,16H,2-12H2,1H3,(H,17,19). The predicted molar refractivity (Wildman–Crippen MR) is 78.1 cm³/mol. The topological polar surface area (TPSA) is 44.4 Å². The largest absolute Gasteiger partial charge is 0.356 e. The van der Waals surface area contributed by atoms with Crippen LogP contribution in [0.3, 0.4) is 0 Å². The summed E-state index contributed by atoms with van der Waals surface area (Å²) < 4.78 is 0. The van der Waals surface area contributed by atoms with E-state index in [0.29, 0.717) is 0 Å². The average Bonchev–Trinajstić information content (AvgIpc) is 2.98. The number of carbonyl (C=O) groups excluding carboxylic acids is 1. The molecule has 1 saturated carbocycles. The third-order valence-corrected chi connectivity index (χ3v) is 4.62. The fourth-order valence-corrected chi connectivity index (χ4v) is 3.27. The molecule has 1 aliphatic carbocycles. The lowest BCUT2D eigenvalue weighted by Gasteiger charge is -2.31. The minimum absolute atomic E-state index is 0.205. The smallest absolute Gasteiger partial charge is 0.224 e. The molecule has 0 spiro atoms. The quantitative estimate of drug-likeness (QED) is 0.714. The van der Waals surface area contributed by atoms with Crippen molar-refractivity contribution in [3.63, 3.8) is 0 Å². The molecule has 1 atom stereocenters. The minimum Gasteiger partial charge on any atom is -0.356 e. The maximum absolute atomic E-state index is 11.8. The summed E-state index contributed by atoms with van der Waals surface area (Å²) in [6.45, 7) is 3.77. The molecule has 0 aromatic rings. The first-order valence-electron chi connectivity index (χ1n) is 7.96. The van der Waals surface area contributed by atoms with Crippen LogP contribution in [0.5, 0.6) is 0 Å². The fourth-order valence-electron chi connectivity index (χ4n) is 3.27. The van der Waals surface area contributed by atoms with Gasteiger partial charge in [-0.25, -0.2) is 0 Å². The van der Waals surface area contributed by atoms with Crippen molar-refractivity contribution in [3.8, 4) is 0 Å². The summed E-state index contributed by atoms with van der Waals surface area (Å²) in [4.78, 5) is 14.3. The lowest BCUT2D eigenvalue weighted by Crippen LogP contribution is -2.37. The molecule has 2 N–H and O–H groups in total. The molecule has 2 rings (SSSR count). The van der Waals surface area contributed by atoms with Crippen molar-refractivity contribution >= 4 is 5.91 Å². The highest BCUT2D eigenvalue weighted by Crippen LogP contribution is 2.21. The van der Waals surface area contributed by atoms with Gasteiger partial charge in [-0.1, -0.05) is 19.3 Å². The van der Waals surface area contributed by atoms with Gasteiger partial charge in [-0.2, -0.15) is 0 Å². The van der Waals surface area contributed by atoms with E-state index in [1.807, 2.05) is 0 Å². The summed E-state index contributed by atoms with van der Waals surface area (Å²) >= 11 is 0. The Morgan fingerprint density at radius 3 is 2.74 bits per heavy atom. The van der Waals surface area contributed by atoms with Crippen LogP contribution in [-0.4, -0.2) is 50.1 Å². The number of nitrogens with one attached hydrogen (secondary N) is 2. The first-order valence-corrected chi connectivity index (χ1v) is 7.96. The van der Waals surface area contributed by atoms with Crippen LogP contribution >= 0.6 is 0 Å². The number of rotatable bonds is 6. The molecule has 4 heteroatoms. The van der Waals surface area contributed by atoms with Crippen molar-refractivity contribution in [2.45, 2.75) is 51.0 Å². The normalized spacial score (nSPS) is 24.8. The number of carbonyl (C=O) groups is 1. The van der Waals surface area contributed by atoms with Gasteiger partial charge in [0.1, 0.15) is 0 Å². The molecule has 1 aliphatic heterocycles. The lowest BCUT2D eigenvalue weighted by molar-refractivity contribution is -0.124. The Bertz CT molecular complexity index is 271. The van der Waals surface area contributed by atoms with E-state index in [9.17, 15) is 4.79 Å². The van der Waals surface area contributed by atoms with Gasteiger partial charge in [0.25, 0.3) is 0 Å². The Morgan fingerprint density at radius 1 is 1.26 bits per heavy atom. The van der Waals surface area contributed by atoms with Gasteiger partial charge in [0.05, 0.1) is 5.92 Å². The van der Waals surface area contributed by atoms with Crippen molar-refractivity contribution < 1.29 is 4.79 Å². The third-order valence-electron chi connectivity index (χ3n) is 4.62. The molecule has 1 amide bonds. The second-order valence-electron chi connectivity index (χ2n) is 6.11. The monoisotopic (exact) mass is 267 g/mol. The van der Waals surface area contributed by atoms with Gasteiger partial charge in [0.2, 0.25) is 5.91 Å². The van der Waals surface area contributed by atoms with Crippen LogP contribution in [0.2, 0.25) is 0 Å². The van der Waals surface area contributed by atoms with Crippen molar-refractivity contribution in [1.29, 1.82) is 0 Å². The molecule has 0 aromatic carbocycles. The van der Waals surface area contributed by atoms with E-state index in [-0.39, 0.29) is 11.8 Å². The lowest BCUT2D eigenvalue weighted by atomic mass is 9.94. The van der Waals surface area contributed by atoms with Crippen molar-refractivity contribution in [3.05, 3.63) is 0 Å². The Labute approximate surface area is 117 Å². The Kier molecular flexibility index (Phi) is 6.11. The number of hydrogen-bond donors (Lipinski definition) is 2. The summed E-state index contributed by atoms with van der Waals surface area (Å²) in [5.74, 6) is 0.446. The molecule has 1 unspecified atom stereocenters. The van der Waals surface area contributed by atoms with Crippen LogP contribution in [-0.2, 0) is 4.79 Å². The van der Waals surface area contributed by atoms with Gasteiger partial charge >= 0.3 is 0 Å². The van der Waals surface area contributed by atoms with Crippen LogP contribution in [0.25, 0.3) is 0 Å². The van der Waals surface area contributed by atoms with Crippen LogP contribution < -0.4 is 10.6 Å². The van der Waals surface area contributed by atoms with E-state index in [1.54, 1.807) is 0 Å².